The Morgan fingerprint density at radius 2 is 2.00 bits per heavy atom. The summed E-state index contributed by atoms with van der Waals surface area (Å²) in [5.41, 5.74) is 0. The maximum absolute atomic E-state index is 12.9. The van der Waals surface area contributed by atoms with Gasteiger partial charge in [0.05, 0.1) is 0 Å². The molecule has 0 spiro atoms. The molecule has 0 aromatic rings. The number of aliphatic hydroxyl groups is 1. The van der Waals surface area contributed by atoms with Crippen molar-refractivity contribution in [1.29, 1.82) is 0 Å². The third-order valence-electron chi connectivity index (χ3n) is 2.63. The molecule has 1 N–H and O–H groups in total. The van der Waals surface area contributed by atoms with Crippen LogP contribution in [-0.2, 0) is 0 Å². The Balaban J connectivity index is 0.000000671. The molecule has 0 unspecified atom stereocenters. The van der Waals surface area contributed by atoms with E-state index in [2.05, 4.69) is 4.90 Å². The molecule has 1 aliphatic rings. The Bertz CT molecular complexity index is 117. The molecule has 0 heterocycles. The summed E-state index contributed by atoms with van der Waals surface area (Å²) in [6, 6.07) is 0.680. The molecule has 13 heavy (non-hydrogen) atoms. The third-order valence-corrected chi connectivity index (χ3v) is 2.63. The molecule has 1 saturated carbocycles. The van der Waals surface area contributed by atoms with Crippen molar-refractivity contribution in [3.8, 4) is 0 Å². The van der Waals surface area contributed by atoms with Crippen molar-refractivity contribution in [1.82, 2.24) is 4.90 Å². The second kappa shape index (κ2) is 7.27. The highest BCUT2D eigenvalue weighted by molar-refractivity contribution is 4.78. The van der Waals surface area contributed by atoms with Crippen molar-refractivity contribution in [2.24, 2.45) is 0 Å². The van der Waals surface area contributed by atoms with Crippen LogP contribution in [0.4, 0.5) is 4.39 Å². The lowest BCUT2D eigenvalue weighted by molar-refractivity contribution is 0.120. The number of rotatable bonds is 4. The van der Waals surface area contributed by atoms with Crippen LogP contribution in [0.25, 0.3) is 0 Å². The van der Waals surface area contributed by atoms with E-state index in [1.807, 2.05) is 14.0 Å². The number of hydrogen-bond acceptors (Lipinski definition) is 2. The van der Waals surface area contributed by atoms with E-state index in [0.29, 0.717) is 19.0 Å². The molecule has 1 rings (SSSR count). The fourth-order valence-corrected chi connectivity index (χ4v) is 1.42. The molecule has 80 valence electrons. The van der Waals surface area contributed by atoms with Crippen LogP contribution < -0.4 is 0 Å². The number of nitrogens with zero attached hydrogens (tertiary/aromatic N) is 1. The molecular weight excluding hydrogens is 169 g/mol. The van der Waals surface area contributed by atoms with Gasteiger partial charge in [0.25, 0.3) is 0 Å². The first-order chi connectivity index (χ1) is 6.24. The molecule has 0 aromatic carbocycles. The Morgan fingerprint density at radius 1 is 1.46 bits per heavy atom. The van der Waals surface area contributed by atoms with Crippen molar-refractivity contribution in [3.05, 3.63) is 0 Å². The van der Waals surface area contributed by atoms with E-state index in [0.717, 1.165) is 7.11 Å². The molecule has 1 aliphatic carbocycles. The second-order valence-electron chi connectivity index (χ2n) is 3.53. The van der Waals surface area contributed by atoms with Gasteiger partial charge < -0.3 is 10.0 Å². The molecule has 1 atom stereocenters. The first kappa shape index (κ1) is 12.8. The third kappa shape index (κ3) is 4.58. The highest BCUT2D eigenvalue weighted by atomic mass is 19.1. The van der Waals surface area contributed by atoms with E-state index in [9.17, 15) is 4.39 Å². The van der Waals surface area contributed by atoms with Crippen LogP contribution in [0.2, 0.25) is 0 Å². The smallest absolute Gasteiger partial charge is 0.112 e. The maximum atomic E-state index is 12.9. The van der Waals surface area contributed by atoms with Gasteiger partial charge in [-0.1, -0.05) is 13.3 Å². The van der Waals surface area contributed by atoms with Gasteiger partial charge in [0.1, 0.15) is 6.17 Å². The Kier molecular flexibility index (Phi) is 7.19. The summed E-state index contributed by atoms with van der Waals surface area (Å²) >= 11 is 0. The lowest BCUT2D eigenvalue weighted by atomic mass is 9.92. The minimum Gasteiger partial charge on any atom is -0.400 e. The molecule has 1 fully saturated rings. The average molecular weight is 191 g/mol. The quantitative estimate of drug-likeness (QED) is 0.732. The second-order valence-corrected chi connectivity index (χ2v) is 3.53. The lowest BCUT2D eigenvalue weighted by Gasteiger charge is -2.35. The maximum Gasteiger partial charge on any atom is 0.112 e. The van der Waals surface area contributed by atoms with Crippen LogP contribution in [0.15, 0.2) is 0 Å². The van der Waals surface area contributed by atoms with Crippen LogP contribution in [0.3, 0.4) is 0 Å². The van der Waals surface area contributed by atoms with Crippen LogP contribution >= 0.6 is 0 Å². The van der Waals surface area contributed by atoms with E-state index in [1.165, 1.54) is 19.3 Å². The number of hydrogen-bond donors (Lipinski definition) is 1. The fourth-order valence-electron chi connectivity index (χ4n) is 1.42. The van der Waals surface area contributed by atoms with Crippen LogP contribution in [-0.4, -0.2) is 42.9 Å². The Morgan fingerprint density at radius 3 is 2.31 bits per heavy atom. The largest absolute Gasteiger partial charge is 0.400 e. The van der Waals surface area contributed by atoms with Crippen molar-refractivity contribution >= 4 is 0 Å². The zero-order valence-electron chi connectivity index (χ0n) is 8.96. The summed E-state index contributed by atoms with van der Waals surface area (Å²) in [7, 11) is 3.03. The van der Waals surface area contributed by atoms with Crippen LogP contribution in [0, 0.1) is 0 Å². The molecule has 0 saturated heterocycles. The van der Waals surface area contributed by atoms with Crippen LogP contribution in [0.5, 0.6) is 0 Å². The van der Waals surface area contributed by atoms with E-state index in [-0.39, 0.29) is 0 Å². The molecule has 3 heteroatoms. The van der Waals surface area contributed by atoms with E-state index in [4.69, 9.17) is 5.11 Å². The van der Waals surface area contributed by atoms with Gasteiger partial charge >= 0.3 is 0 Å². The molecular formula is C10H22FNO. The van der Waals surface area contributed by atoms with Gasteiger partial charge in [-0.05, 0) is 26.3 Å². The van der Waals surface area contributed by atoms with Gasteiger partial charge in [0, 0.05) is 19.7 Å². The first-order valence-corrected chi connectivity index (χ1v) is 5.03. The summed E-state index contributed by atoms with van der Waals surface area (Å²) in [5.74, 6) is 0. The van der Waals surface area contributed by atoms with Crippen molar-refractivity contribution < 1.29 is 9.50 Å². The lowest BCUT2D eigenvalue weighted by Crippen LogP contribution is -2.40. The van der Waals surface area contributed by atoms with Gasteiger partial charge in [0.2, 0.25) is 0 Å². The average Bonchev–Trinajstić information content (AvgIpc) is 2.04. The van der Waals surface area contributed by atoms with Crippen molar-refractivity contribution in [2.45, 2.75) is 44.8 Å². The SMILES string of the molecule is CC[C@@H](F)CN(C)C1CCC1.CO. The van der Waals surface area contributed by atoms with Crippen LogP contribution in [0.1, 0.15) is 32.6 Å². The number of halogens is 1. The summed E-state index contributed by atoms with van der Waals surface area (Å²) < 4.78 is 12.9. The van der Waals surface area contributed by atoms with Gasteiger partial charge in [-0.25, -0.2) is 4.39 Å². The molecule has 2 nitrogen and oxygen atoms in total. The predicted octanol–water partition coefficient (Wildman–Crippen LogP) is 1.83. The predicted molar refractivity (Wildman–Crippen MR) is 53.6 cm³/mol. The van der Waals surface area contributed by atoms with Gasteiger partial charge in [-0.2, -0.15) is 0 Å². The molecule has 0 bridgehead atoms. The van der Waals surface area contributed by atoms with Gasteiger partial charge in [-0.3, -0.25) is 0 Å². The topological polar surface area (TPSA) is 23.5 Å². The summed E-state index contributed by atoms with van der Waals surface area (Å²) in [6.07, 6.45) is 3.90. The minimum absolute atomic E-state index is 0.624. The zero-order valence-corrected chi connectivity index (χ0v) is 8.96. The van der Waals surface area contributed by atoms with E-state index >= 15 is 0 Å². The standard InChI is InChI=1S/C9H18FN.CH4O/c1-3-8(10)7-11(2)9-5-4-6-9;1-2/h8-9H,3-7H2,1-2H3;2H,1H3/t8-;/m1./s1. The summed E-state index contributed by atoms with van der Waals surface area (Å²) in [6.45, 7) is 2.53. The normalized spacial score (nSPS) is 18.9. The number of alkyl halides is 1. The van der Waals surface area contributed by atoms with E-state index in [1.54, 1.807) is 0 Å². The Labute approximate surface area is 80.7 Å². The fraction of sp³-hybridized carbons (Fsp3) is 1.00. The molecule has 0 radical (unpaired) electrons. The van der Waals surface area contributed by atoms with Gasteiger partial charge in [0.15, 0.2) is 0 Å². The monoisotopic (exact) mass is 191 g/mol. The van der Waals surface area contributed by atoms with E-state index < -0.39 is 6.17 Å². The molecule has 0 amide bonds. The Hall–Kier alpha value is -0.150. The number of aliphatic hydroxyl groups excluding tert-OH is 1. The minimum atomic E-state index is -0.624. The highest BCUT2D eigenvalue weighted by Gasteiger charge is 2.23. The molecule has 0 aromatic heterocycles. The zero-order chi connectivity index (χ0) is 10.3. The summed E-state index contributed by atoms with van der Waals surface area (Å²) in [5, 5.41) is 7.00. The summed E-state index contributed by atoms with van der Waals surface area (Å²) in [4.78, 5) is 2.16. The van der Waals surface area contributed by atoms with Crippen molar-refractivity contribution in [2.75, 3.05) is 20.7 Å². The van der Waals surface area contributed by atoms with Crippen molar-refractivity contribution in [3.63, 3.8) is 0 Å². The molecule has 0 aliphatic heterocycles. The first-order valence-electron chi connectivity index (χ1n) is 5.03. The highest BCUT2D eigenvalue weighted by Crippen LogP contribution is 2.23. The van der Waals surface area contributed by atoms with Gasteiger partial charge in [-0.15, -0.1) is 0 Å².